The third kappa shape index (κ3) is 3.48. The number of methoxy groups -OCH3 is 1. The minimum absolute atomic E-state index is 0.893. The second-order valence-corrected chi connectivity index (χ2v) is 5.43. The highest BCUT2D eigenvalue weighted by atomic mass is 32.2. The van der Waals surface area contributed by atoms with E-state index in [4.69, 9.17) is 4.74 Å². The van der Waals surface area contributed by atoms with E-state index in [-0.39, 0.29) is 0 Å². The van der Waals surface area contributed by atoms with Gasteiger partial charge in [-0.05, 0) is 43.0 Å². The smallest absolute Gasteiger partial charge is 0.120 e. The molecule has 2 rings (SSSR count). The summed E-state index contributed by atoms with van der Waals surface area (Å²) >= 11 is 1.77. The van der Waals surface area contributed by atoms with E-state index in [0.29, 0.717) is 0 Å². The molecule has 0 bridgehead atoms. The summed E-state index contributed by atoms with van der Waals surface area (Å²) in [7, 11) is 1.71. The van der Waals surface area contributed by atoms with Gasteiger partial charge in [-0.3, -0.25) is 0 Å². The second-order valence-electron chi connectivity index (χ2n) is 4.55. The predicted octanol–water partition coefficient (Wildman–Crippen LogP) is 4.97. The molecule has 0 spiro atoms. The highest BCUT2D eigenvalue weighted by Crippen LogP contribution is 2.30. The van der Waals surface area contributed by atoms with Gasteiger partial charge < -0.3 is 9.64 Å². The lowest BCUT2D eigenvalue weighted by atomic mass is 10.2. The van der Waals surface area contributed by atoms with E-state index >= 15 is 0 Å². The van der Waals surface area contributed by atoms with Crippen LogP contribution < -0.4 is 9.64 Å². The van der Waals surface area contributed by atoms with Gasteiger partial charge >= 0.3 is 0 Å². The van der Waals surface area contributed by atoms with Crippen LogP contribution in [0.5, 0.6) is 5.75 Å². The van der Waals surface area contributed by atoms with Gasteiger partial charge in [-0.15, -0.1) is 11.8 Å². The number of nitrogens with zero attached hydrogens (tertiary/aromatic N) is 1. The summed E-state index contributed by atoms with van der Waals surface area (Å²) in [4.78, 5) is 3.62. The molecule has 0 N–H and O–H groups in total. The average molecular weight is 287 g/mol. The minimum atomic E-state index is 0.893. The number of hydrogen-bond acceptors (Lipinski definition) is 3. The first-order valence-corrected chi connectivity index (χ1v) is 8.06. The topological polar surface area (TPSA) is 12.5 Å². The van der Waals surface area contributed by atoms with Crippen molar-refractivity contribution in [2.75, 3.05) is 24.8 Å². The zero-order valence-corrected chi connectivity index (χ0v) is 13.1. The summed E-state index contributed by atoms with van der Waals surface area (Å²) in [6, 6.07) is 16.9. The fraction of sp³-hybridized carbons (Fsp3) is 0.294. The van der Waals surface area contributed by atoms with Crippen molar-refractivity contribution in [1.82, 2.24) is 0 Å². The summed E-state index contributed by atoms with van der Waals surface area (Å²) in [5, 5.41) is 0. The molecule has 0 saturated heterocycles. The number of anilines is 2. The summed E-state index contributed by atoms with van der Waals surface area (Å²) in [5.41, 5.74) is 2.40. The summed E-state index contributed by atoms with van der Waals surface area (Å²) in [6.45, 7) is 3.19. The Balaban J connectivity index is 2.38. The molecule has 2 nitrogen and oxygen atoms in total. The minimum Gasteiger partial charge on any atom is -0.497 e. The molecule has 0 unspecified atom stereocenters. The summed E-state index contributed by atoms with van der Waals surface area (Å²) in [5.74, 6) is 0.893. The van der Waals surface area contributed by atoms with Crippen LogP contribution in [-0.2, 0) is 0 Å². The number of ether oxygens (including phenoxy) is 1. The van der Waals surface area contributed by atoms with Crippen molar-refractivity contribution in [3.8, 4) is 5.75 Å². The summed E-state index contributed by atoms with van der Waals surface area (Å²) < 4.78 is 5.33. The molecule has 0 atom stereocenters. The molecule has 0 saturated carbocycles. The van der Waals surface area contributed by atoms with Gasteiger partial charge in [0.2, 0.25) is 0 Å². The van der Waals surface area contributed by atoms with E-state index in [2.05, 4.69) is 54.5 Å². The van der Waals surface area contributed by atoms with Crippen molar-refractivity contribution < 1.29 is 4.74 Å². The van der Waals surface area contributed by atoms with Gasteiger partial charge in [0.1, 0.15) is 5.75 Å². The van der Waals surface area contributed by atoms with Crippen LogP contribution in [0, 0.1) is 0 Å². The lowest BCUT2D eigenvalue weighted by Gasteiger charge is -2.25. The first kappa shape index (κ1) is 14.8. The molecule has 0 aliphatic carbocycles. The molecule has 2 aromatic rings. The molecule has 0 aliphatic heterocycles. The van der Waals surface area contributed by atoms with E-state index in [1.807, 2.05) is 12.1 Å². The lowest BCUT2D eigenvalue weighted by molar-refractivity contribution is 0.415. The SMILES string of the molecule is CCCN(c1cccc(OC)c1)c1cccc(SC)c1. The fourth-order valence-electron chi connectivity index (χ4n) is 2.19. The number of thioether (sulfide) groups is 1. The Morgan fingerprint density at radius 3 is 2.40 bits per heavy atom. The Kier molecular flexibility index (Phi) is 5.36. The average Bonchev–Trinajstić information content (AvgIpc) is 2.52. The molecule has 3 heteroatoms. The number of hydrogen-bond donors (Lipinski definition) is 0. The van der Waals surface area contributed by atoms with E-state index in [0.717, 1.165) is 18.7 Å². The zero-order chi connectivity index (χ0) is 14.4. The van der Waals surface area contributed by atoms with Gasteiger partial charge in [-0.1, -0.05) is 19.1 Å². The van der Waals surface area contributed by atoms with Crippen molar-refractivity contribution >= 4 is 23.1 Å². The van der Waals surface area contributed by atoms with Crippen molar-refractivity contribution in [3.63, 3.8) is 0 Å². The van der Waals surface area contributed by atoms with Crippen LogP contribution in [0.25, 0.3) is 0 Å². The maximum absolute atomic E-state index is 5.33. The molecule has 0 heterocycles. The fourth-order valence-corrected chi connectivity index (χ4v) is 2.64. The molecule has 106 valence electrons. The second kappa shape index (κ2) is 7.25. The molecule has 2 aromatic carbocycles. The van der Waals surface area contributed by atoms with Crippen LogP contribution in [-0.4, -0.2) is 19.9 Å². The van der Waals surface area contributed by atoms with E-state index in [1.165, 1.54) is 16.3 Å². The molecule has 0 amide bonds. The Morgan fingerprint density at radius 1 is 1.05 bits per heavy atom. The van der Waals surface area contributed by atoms with Crippen LogP contribution in [0.3, 0.4) is 0 Å². The highest BCUT2D eigenvalue weighted by molar-refractivity contribution is 7.98. The first-order chi connectivity index (χ1) is 9.78. The van der Waals surface area contributed by atoms with Crippen molar-refractivity contribution in [2.24, 2.45) is 0 Å². The molecule has 20 heavy (non-hydrogen) atoms. The monoisotopic (exact) mass is 287 g/mol. The molecule has 0 aromatic heterocycles. The third-order valence-electron chi connectivity index (χ3n) is 3.18. The number of benzene rings is 2. The van der Waals surface area contributed by atoms with Crippen LogP contribution in [0.4, 0.5) is 11.4 Å². The lowest BCUT2D eigenvalue weighted by Crippen LogP contribution is -2.17. The van der Waals surface area contributed by atoms with Crippen LogP contribution in [0.15, 0.2) is 53.4 Å². The first-order valence-electron chi connectivity index (χ1n) is 6.84. The van der Waals surface area contributed by atoms with Crippen LogP contribution in [0.1, 0.15) is 13.3 Å². The summed E-state index contributed by atoms with van der Waals surface area (Å²) in [6.07, 6.45) is 3.20. The number of rotatable bonds is 6. The third-order valence-corrected chi connectivity index (χ3v) is 3.90. The van der Waals surface area contributed by atoms with Crippen molar-refractivity contribution in [2.45, 2.75) is 18.2 Å². The van der Waals surface area contributed by atoms with Gasteiger partial charge in [-0.25, -0.2) is 0 Å². The molecular weight excluding hydrogens is 266 g/mol. The van der Waals surface area contributed by atoms with Gasteiger partial charge in [0.15, 0.2) is 0 Å². The normalized spacial score (nSPS) is 10.3. The Morgan fingerprint density at radius 2 is 1.75 bits per heavy atom. The molecular formula is C17H21NOS. The maximum Gasteiger partial charge on any atom is 0.120 e. The Labute approximate surface area is 125 Å². The predicted molar refractivity (Wildman–Crippen MR) is 88.5 cm³/mol. The van der Waals surface area contributed by atoms with Gasteiger partial charge in [0.25, 0.3) is 0 Å². The van der Waals surface area contributed by atoms with Crippen LogP contribution >= 0.6 is 11.8 Å². The van der Waals surface area contributed by atoms with Crippen molar-refractivity contribution in [3.05, 3.63) is 48.5 Å². The largest absolute Gasteiger partial charge is 0.497 e. The zero-order valence-electron chi connectivity index (χ0n) is 12.3. The molecule has 0 radical (unpaired) electrons. The molecule has 0 aliphatic rings. The van der Waals surface area contributed by atoms with Crippen LogP contribution in [0.2, 0.25) is 0 Å². The quantitative estimate of drug-likeness (QED) is 0.696. The Bertz CT molecular complexity index is 509. The van der Waals surface area contributed by atoms with E-state index in [9.17, 15) is 0 Å². The standard InChI is InChI=1S/C17H21NOS/c1-4-11-18(14-7-5-9-16(12-14)19-2)15-8-6-10-17(13-15)20-3/h5-10,12-13H,4,11H2,1-3H3. The van der Waals surface area contributed by atoms with Crippen molar-refractivity contribution in [1.29, 1.82) is 0 Å². The van der Waals surface area contributed by atoms with Gasteiger partial charge in [0, 0.05) is 28.9 Å². The Hall–Kier alpha value is -1.61. The maximum atomic E-state index is 5.33. The van der Waals surface area contributed by atoms with Gasteiger partial charge in [-0.2, -0.15) is 0 Å². The van der Waals surface area contributed by atoms with E-state index in [1.54, 1.807) is 18.9 Å². The van der Waals surface area contributed by atoms with Gasteiger partial charge in [0.05, 0.1) is 7.11 Å². The molecule has 0 fully saturated rings. The van der Waals surface area contributed by atoms with E-state index < -0.39 is 0 Å². The highest BCUT2D eigenvalue weighted by Gasteiger charge is 2.09.